The van der Waals surface area contributed by atoms with Gasteiger partial charge in [0.2, 0.25) is 0 Å². The van der Waals surface area contributed by atoms with Crippen LogP contribution in [0, 0.1) is 5.92 Å². The van der Waals surface area contributed by atoms with Gasteiger partial charge < -0.3 is 19.5 Å². The first kappa shape index (κ1) is 16.1. The molecule has 0 spiro atoms. The van der Waals surface area contributed by atoms with Crippen LogP contribution in [-0.2, 0) is 4.74 Å². The molecule has 1 heterocycles. The van der Waals surface area contributed by atoms with Gasteiger partial charge in [-0.15, -0.1) is 0 Å². The summed E-state index contributed by atoms with van der Waals surface area (Å²) in [6.45, 7) is 4.95. The lowest BCUT2D eigenvalue weighted by molar-refractivity contribution is 0.0536. The molecule has 1 aromatic carbocycles. The first-order valence-corrected chi connectivity index (χ1v) is 7.83. The van der Waals surface area contributed by atoms with E-state index < -0.39 is 0 Å². The predicted octanol–water partition coefficient (Wildman–Crippen LogP) is 3.17. The fraction of sp³-hybridized carbons (Fsp3) is 0.647. The lowest BCUT2D eigenvalue weighted by atomic mass is 9.87. The number of rotatable bonds is 7. The zero-order valence-electron chi connectivity index (χ0n) is 13.4. The molecule has 1 aliphatic heterocycles. The van der Waals surface area contributed by atoms with Gasteiger partial charge in [-0.1, -0.05) is 13.0 Å². The zero-order chi connectivity index (χ0) is 15.1. The molecule has 0 bridgehead atoms. The summed E-state index contributed by atoms with van der Waals surface area (Å²) in [5.41, 5.74) is 1.27. The Labute approximate surface area is 127 Å². The number of hydrogen-bond donors (Lipinski definition) is 1. The van der Waals surface area contributed by atoms with Crippen LogP contribution in [0.4, 0.5) is 0 Å². The van der Waals surface area contributed by atoms with Gasteiger partial charge in [-0.25, -0.2) is 0 Å². The van der Waals surface area contributed by atoms with E-state index in [-0.39, 0.29) is 0 Å². The van der Waals surface area contributed by atoms with Crippen LogP contribution in [0.15, 0.2) is 18.2 Å². The number of hydrogen-bond acceptors (Lipinski definition) is 4. The van der Waals surface area contributed by atoms with Gasteiger partial charge in [-0.05, 0) is 49.4 Å². The summed E-state index contributed by atoms with van der Waals surface area (Å²) in [5, 5.41) is 3.69. The van der Waals surface area contributed by atoms with E-state index in [1.54, 1.807) is 14.2 Å². The Balaban J connectivity index is 2.22. The van der Waals surface area contributed by atoms with Crippen LogP contribution in [0.3, 0.4) is 0 Å². The monoisotopic (exact) mass is 293 g/mol. The molecular weight excluding hydrogens is 266 g/mol. The van der Waals surface area contributed by atoms with E-state index in [9.17, 15) is 0 Å². The minimum Gasteiger partial charge on any atom is -0.493 e. The van der Waals surface area contributed by atoms with Crippen molar-refractivity contribution in [1.29, 1.82) is 0 Å². The Morgan fingerprint density at radius 2 is 1.90 bits per heavy atom. The summed E-state index contributed by atoms with van der Waals surface area (Å²) in [5.74, 6) is 2.19. The minimum atomic E-state index is 0.355. The van der Waals surface area contributed by atoms with Crippen molar-refractivity contribution >= 4 is 0 Å². The van der Waals surface area contributed by atoms with E-state index in [0.717, 1.165) is 50.5 Å². The predicted molar refractivity (Wildman–Crippen MR) is 84.1 cm³/mol. The van der Waals surface area contributed by atoms with Crippen molar-refractivity contribution in [3.8, 4) is 11.5 Å². The SMILES string of the molecule is CCCNC(c1ccc(OC)c(OC)c1)C1CCOCC1. The highest BCUT2D eigenvalue weighted by Gasteiger charge is 2.25. The van der Waals surface area contributed by atoms with Gasteiger partial charge in [0.15, 0.2) is 11.5 Å². The van der Waals surface area contributed by atoms with Gasteiger partial charge in [0.1, 0.15) is 0 Å². The average molecular weight is 293 g/mol. The van der Waals surface area contributed by atoms with E-state index in [1.807, 2.05) is 6.07 Å². The summed E-state index contributed by atoms with van der Waals surface area (Å²) in [6.07, 6.45) is 3.35. The van der Waals surface area contributed by atoms with Crippen LogP contribution >= 0.6 is 0 Å². The van der Waals surface area contributed by atoms with Gasteiger partial charge in [0.25, 0.3) is 0 Å². The number of ether oxygens (including phenoxy) is 3. The van der Waals surface area contributed by atoms with Crippen LogP contribution in [0.2, 0.25) is 0 Å². The standard InChI is InChI=1S/C17H27NO3/c1-4-9-18-17(13-7-10-21-11-8-13)14-5-6-15(19-2)16(12-14)20-3/h5-6,12-13,17-18H,4,7-11H2,1-3H3. The maximum Gasteiger partial charge on any atom is 0.161 e. The molecule has 1 fully saturated rings. The van der Waals surface area contributed by atoms with Crippen molar-refractivity contribution in [3.63, 3.8) is 0 Å². The molecule has 0 aliphatic carbocycles. The Hall–Kier alpha value is -1.26. The fourth-order valence-corrected chi connectivity index (χ4v) is 2.95. The molecule has 21 heavy (non-hydrogen) atoms. The molecule has 118 valence electrons. The van der Waals surface area contributed by atoms with Crippen molar-refractivity contribution in [2.45, 2.75) is 32.2 Å². The van der Waals surface area contributed by atoms with Gasteiger partial charge in [-0.3, -0.25) is 0 Å². The summed E-state index contributed by atoms with van der Waals surface area (Å²) >= 11 is 0. The number of nitrogens with one attached hydrogen (secondary N) is 1. The molecule has 1 saturated heterocycles. The Bertz CT molecular complexity index is 430. The van der Waals surface area contributed by atoms with E-state index in [2.05, 4.69) is 24.4 Å². The molecule has 4 heteroatoms. The molecule has 0 aromatic heterocycles. The molecule has 1 N–H and O–H groups in total. The van der Waals surface area contributed by atoms with E-state index >= 15 is 0 Å². The molecule has 2 rings (SSSR count). The van der Waals surface area contributed by atoms with Crippen molar-refractivity contribution in [2.24, 2.45) is 5.92 Å². The lowest BCUT2D eigenvalue weighted by Gasteiger charge is -2.31. The van der Waals surface area contributed by atoms with Crippen LogP contribution in [-0.4, -0.2) is 34.0 Å². The van der Waals surface area contributed by atoms with Crippen molar-refractivity contribution in [2.75, 3.05) is 34.0 Å². The third-order valence-electron chi connectivity index (χ3n) is 4.12. The van der Waals surface area contributed by atoms with Gasteiger partial charge >= 0.3 is 0 Å². The van der Waals surface area contributed by atoms with Crippen LogP contribution in [0.5, 0.6) is 11.5 Å². The van der Waals surface area contributed by atoms with Gasteiger partial charge in [0, 0.05) is 19.3 Å². The molecule has 1 atom stereocenters. The van der Waals surface area contributed by atoms with Crippen LogP contribution in [0.1, 0.15) is 37.8 Å². The molecule has 0 amide bonds. The first-order chi connectivity index (χ1) is 10.3. The molecule has 4 nitrogen and oxygen atoms in total. The minimum absolute atomic E-state index is 0.355. The summed E-state index contributed by atoms with van der Waals surface area (Å²) in [4.78, 5) is 0. The van der Waals surface area contributed by atoms with Crippen molar-refractivity contribution in [1.82, 2.24) is 5.32 Å². The van der Waals surface area contributed by atoms with E-state index in [4.69, 9.17) is 14.2 Å². The number of benzene rings is 1. The second-order valence-electron chi connectivity index (χ2n) is 5.50. The lowest BCUT2D eigenvalue weighted by Crippen LogP contribution is -2.32. The van der Waals surface area contributed by atoms with Crippen molar-refractivity contribution < 1.29 is 14.2 Å². The molecule has 1 unspecified atom stereocenters. The fourth-order valence-electron chi connectivity index (χ4n) is 2.95. The third-order valence-corrected chi connectivity index (χ3v) is 4.12. The molecule has 0 saturated carbocycles. The van der Waals surface area contributed by atoms with Crippen LogP contribution in [0.25, 0.3) is 0 Å². The largest absolute Gasteiger partial charge is 0.493 e. The summed E-state index contributed by atoms with van der Waals surface area (Å²) in [6, 6.07) is 6.59. The maximum atomic E-state index is 5.50. The smallest absolute Gasteiger partial charge is 0.161 e. The Morgan fingerprint density at radius 3 is 2.52 bits per heavy atom. The molecule has 1 aliphatic rings. The Morgan fingerprint density at radius 1 is 1.19 bits per heavy atom. The quantitative estimate of drug-likeness (QED) is 0.838. The van der Waals surface area contributed by atoms with Gasteiger partial charge in [0.05, 0.1) is 14.2 Å². The maximum absolute atomic E-state index is 5.50. The first-order valence-electron chi connectivity index (χ1n) is 7.83. The second-order valence-corrected chi connectivity index (χ2v) is 5.50. The average Bonchev–Trinajstić information content (AvgIpc) is 2.56. The van der Waals surface area contributed by atoms with Gasteiger partial charge in [-0.2, -0.15) is 0 Å². The molecular formula is C17H27NO3. The zero-order valence-corrected chi connectivity index (χ0v) is 13.4. The van der Waals surface area contributed by atoms with E-state index in [0.29, 0.717) is 12.0 Å². The Kier molecular flexibility index (Phi) is 6.33. The normalized spacial score (nSPS) is 17.5. The molecule has 1 aromatic rings. The molecule has 0 radical (unpaired) electrons. The van der Waals surface area contributed by atoms with E-state index in [1.165, 1.54) is 5.56 Å². The highest BCUT2D eigenvalue weighted by molar-refractivity contribution is 5.44. The topological polar surface area (TPSA) is 39.7 Å². The highest BCUT2D eigenvalue weighted by Crippen LogP contribution is 2.35. The van der Waals surface area contributed by atoms with Crippen molar-refractivity contribution in [3.05, 3.63) is 23.8 Å². The third kappa shape index (κ3) is 4.11. The van der Waals surface area contributed by atoms with Crippen LogP contribution < -0.4 is 14.8 Å². The summed E-state index contributed by atoms with van der Waals surface area (Å²) in [7, 11) is 3.35. The number of methoxy groups -OCH3 is 2. The summed E-state index contributed by atoms with van der Waals surface area (Å²) < 4.78 is 16.3. The highest BCUT2D eigenvalue weighted by atomic mass is 16.5. The second kappa shape index (κ2) is 8.25.